The minimum atomic E-state index is -0.207. The Hall–Kier alpha value is -1.01. The van der Waals surface area contributed by atoms with Crippen molar-refractivity contribution in [2.75, 3.05) is 6.61 Å². The Morgan fingerprint density at radius 1 is 1.06 bits per heavy atom. The maximum Gasteiger partial charge on any atom is 0.341 e. The van der Waals surface area contributed by atoms with Crippen LogP contribution in [0, 0.1) is 0 Å². The Morgan fingerprint density at radius 2 is 1.78 bits per heavy atom. The van der Waals surface area contributed by atoms with Crippen LogP contribution in [0.2, 0.25) is 0 Å². The summed E-state index contributed by atoms with van der Waals surface area (Å²) >= 11 is 0. The molecule has 0 amide bonds. The van der Waals surface area contributed by atoms with E-state index in [1.54, 1.807) is 0 Å². The van der Waals surface area contributed by atoms with Crippen molar-refractivity contribution < 1.29 is 9.53 Å². The van der Waals surface area contributed by atoms with Crippen molar-refractivity contribution in [2.24, 2.45) is 0 Å². The van der Waals surface area contributed by atoms with Crippen LogP contribution in [-0.4, -0.2) is 12.6 Å². The number of hydrogen-bond acceptors (Lipinski definition) is 2. The van der Waals surface area contributed by atoms with E-state index in [2.05, 4.69) is 19.6 Å². The van der Waals surface area contributed by atoms with Gasteiger partial charge in [-0.1, -0.05) is 46.0 Å². The summed E-state index contributed by atoms with van der Waals surface area (Å²) in [6, 6.07) is 0. The first-order valence-corrected chi connectivity index (χ1v) is 7.37. The van der Waals surface area contributed by atoms with Crippen LogP contribution in [0.1, 0.15) is 72.1 Å². The van der Waals surface area contributed by atoms with Crippen LogP contribution in [-0.2, 0) is 9.53 Å². The molecular formula is C16H28O2. The number of carbonyl (C=O) groups excluding carboxylic acids is 1. The Balaban J connectivity index is 4.07. The summed E-state index contributed by atoms with van der Waals surface area (Å²) < 4.78 is 5.01. The van der Waals surface area contributed by atoms with Crippen molar-refractivity contribution in [1.29, 1.82) is 0 Å². The van der Waals surface area contributed by atoms with Gasteiger partial charge in [0.05, 0.1) is 12.2 Å². The second-order valence-corrected chi connectivity index (χ2v) is 4.50. The van der Waals surface area contributed by atoms with E-state index in [0.29, 0.717) is 12.2 Å². The molecule has 0 radical (unpaired) electrons. The Bertz CT molecular complexity index is 273. The highest BCUT2D eigenvalue weighted by Gasteiger charge is 2.07. The number of hydrogen-bond donors (Lipinski definition) is 0. The molecular weight excluding hydrogens is 224 g/mol. The highest BCUT2D eigenvalue weighted by molar-refractivity contribution is 5.88. The van der Waals surface area contributed by atoms with Gasteiger partial charge < -0.3 is 4.74 Å². The molecule has 0 saturated heterocycles. The summed E-state index contributed by atoms with van der Waals surface area (Å²) in [6.07, 6.45) is 11.1. The SMILES string of the molecule is CCCCCCCC=C=C(CCC)C(=O)OCC. The average Bonchev–Trinajstić information content (AvgIpc) is 2.36. The number of carbonyl (C=O) groups is 1. The van der Waals surface area contributed by atoms with Crippen molar-refractivity contribution in [2.45, 2.75) is 72.1 Å². The fourth-order valence-corrected chi connectivity index (χ4v) is 1.75. The fourth-order valence-electron chi connectivity index (χ4n) is 1.75. The van der Waals surface area contributed by atoms with Crippen molar-refractivity contribution in [3.8, 4) is 0 Å². The monoisotopic (exact) mass is 252 g/mol. The van der Waals surface area contributed by atoms with Gasteiger partial charge in [0.1, 0.15) is 0 Å². The van der Waals surface area contributed by atoms with Gasteiger partial charge in [0, 0.05) is 0 Å². The fraction of sp³-hybridized carbons (Fsp3) is 0.750. The van der Waals surface area contributed by atoms with E-state index in [-0.39, 0.29) is 5.97 Å². The Labute approximate surface area is 112 Å². The standard InChI is InChI=1S/C16H28O2/c1-4-7-8-9-10-11-12-14-15(13-5-2)16(17)18-6-3/h12H,4-11,13H2,1-3H3. The van der Waals surface area contributed by atoms with Crippen molar-refractivity contribution in [3.05, 3.63) is 17.4 Å². The van der Waals surface area contributed by atoms with Gasteiger partial charge in [-0.2, -0.15) is 0 Å². The first kappa shape index (κ1) is 17.0. The van der Waals surface area contributed by atoms with E-state index in [1.165, 1.54) is 32.1 Å². The molecule has 0 aliphatic heterocycles. The minimum Gasteiger partial charge on any atom is -0.462 e. The third-order valence-corrected chi connectivity index (χ3v) is 2.75. The Morgan fingerprint density at radius 3 is 2.39 bits per heavy atom. The van der Waals surface area contributed by atoms with E-state index < -0.39 is 0 Å². The predicted octanol–water partition coefficient (Wildman–Crippen LogP) is 4.79. The molecule has 0 saturated carbocycles. The lowest BCUT2D eigenvalue weighted by atomic mass is 10.1. The van der Waals surface area contributed by atoms with Gasteiger partial charge in [0.2, 0.25) is 0 Å². The lowest BCUT2D eigenvalue weighted by Crippen LogP contribution is -2.06. The van der Waals surface area contributed by atoms with Crippen LogP contribution in [0.5, 0.6) is 0 Å². The summed E-state index contributed by atoms with van der Waals surface area (Å²) in [4.78, 5) is 11.6. The molecule has 0 fully saturated rings. The first-order valence-electron chi connectivity index (χ1n) is 7.37. The van der Waals surface area contributed by atoms with E-state index >= 15 is 0 Å². The number of ether oxygens (including phenoxy) is 1. The quantitative estimate of drug-likeness (QED) is 0.242. The molecule has 0 heterocycles. The summed E-state index contributed by atoms with van der Waals surface area (Å²) in [5.41, 5.74) is 3.80. The molecule has 0 aromatic carbocycles. The predicted molar refractivity (Wildman–Crippen MR) is 76.5 cm³/mol. The Kier molecular flexibility index (Phi) is 11.7. The zero-order valence-electron chi connectivity index (χ0n) is 12.3. The highest BCUT2D eigenvalue weighted by atomic mass is 16.5. The van der Waals surface area contributed by atoms with Crippen LogP contribution >= 0.6 is 0 Å². The third-order valence-electron chi connectivity index (χ3n) is 2.75. The highest BCUT2D eigenvalue weighted by Crippen LogP contribution is 2.08. The molecule has 0 spiro atoms. The average molecular weight is 252 g/mol. The van der Waals surface area contributed by atoms with Crippen molar-refractivity contribution in [1.82, 2.24) is 0 Å². The molecule has 0 rings (SSSR count). The minimum absolute atomic E-state index is 0.207. The number of rotatable bonds is 10. The smallest absolute Gasteiger partial charge is 0.341 e. The molecule has 0 aromatic rings. The molecule has 18 heavy (non-hydrogen) atoms. The third kappa shape index (κ3) is 9.07. The van der Waals surface area contributed by atoms with Gasteiger partial charge in [-0.15, -0.1) is 5.73 Å². The normalized spacial score (nSPS) is 9.72. The van der Waals surface area contributed by atoms with E-state index in [9.17, 15) is 4.79 Å². The second kappa shape index (κ2) is 12.4. The molecule has 2 nitrogen and oxygen atoms in total. The number of unbranched alkanes of at least 4 members (excludes halogenated alkanes) is 5. The molecule has 0 unspecified atom stereocenters. The molecule has 2 heteroatoms. The van der Waals surface area contributed by atoms with Gasteiger partial charge in [-0.25, -0.2) is 4.79 Å². The molecule has 0 aliphatic carbocycles. The second-order valence-electron chi connectivity index (χ2n) is 4.50. The first-order chi connectivity index (χ1) is 8.76. The maximum atomic E-state index is 11.6. The molecule has 0 aliphatic rings. The molecule has 104 valence electrons. The summed E-state index contributed by atoms with van der Waals surface area (Å²) in [5, 5.41) is 0. The van der Waals surface area contributed by atoms with Gasteiger partial charge in [0.15, 0.2) is 0 Å². The van der Waals surface area contributed by atoms with E-state index in [4.69, 9.17) is 4.74 Å². The zero-order chi connectivity index (χ0) is 13.6. The topological polar surface area (TPSA) is 26.3 Å². The lowest BCUT2D eigenvalue weighted by molar-refractivity contribution is -0.138. The van der Waals surface area contributed by atoms with E-state index in [1.807, 2.05) is 13.0 Å². The summed E-state index contributed by atoms with van der Waals surface area (Å²) in [5.74, 6) is -0.207. The van der Waals surface area contributed by atoms with Gasteiger partial charge in [-0.05, 0) is 32.3 Å². The molecule has 0 N–H and O–H groups in total. The number of esters is 1. The molecule has 0 aromatic heterocycles. The summed E-state index contributed by atoms with van der Waals surface area (Å²) in [7, 11) is 0. The van der Waals surface area contributed by atoms with Crippen molar-refractivity contribution >= 4 is 5.97 Å². The van der Waals surface area contributed by atoms with Crippen LogP contribution in [0.25, 0.3) is 0 Å². The maximum absolute atomic E-state index is 11.6. The van der Waals surface area contributed by atoms with Crippen molar-refractivity contribution in [3.63, 3.8) is 0 Å². The van der Waals surface area contributed by atoms with Crippen LogP contribution in [0.4, 0.5) is 0 Å². The van der Waals surface area contributed by atoms with Crippen LogP contribution in [0.3, 0.4) is 0 Å². The van der Waals surface area contributed by atoms with Crippen LogP contribution < -0.4 is 0 Å². The van der Waals surface area contributed by atoms with Gasteiger partial charge >= 0.3 is 5.97 Å². The molecule has 0 atom stereocenters. The van der Waals surface area contributed by atoms with E-state index in [0.717, 1.165) is 19.3 Å². The summed E-state index contributed by atoms with van der Waals surface area (Å²) in [6.45, 7) is 6.55. The van der Waals surface area contributed by atoms with Crippen LogP contribution in [0.15, 0.2) is 17.4 Å². The largest absolute Gasteiger partial charge is 0.462 e. The molecule has 0 bridgehead atoms. The lowest BCUT2D eigenvalue weighted by Gasteiger charge is -2.02. The van der Waals surface area contributed by atoms with Gasteiger partial charge in [-0.3, -0.25) is 0 Å². The zero-order valence-corrected chi connectivity index (χ0v) is 12.3. The van der Waals surface area contributed by atoms with Gasteiger partial charge in [0.25, 0.3) is 0 Å².